The quantitative estimate of drug-likeness (QED) is 0.765. The SMILES string of the molecule is CCN(CC)C(=O)c1ccc(NCC(=O)Nc2cccc(Cl)c2C)cc1. The van der Waals surface area contributed by atoms with Gasteiger partial charge in [0.05, 0.1) is 6.54 Å². The molecule has 0 radical (unpaired) electrons. The van der Waals surface area contributed by atoms with E-state index in [2.05, 4.69) is 10.6 Å². The van der Waals surface area contributed by atoms with Crippen LogP contribution >= 0.6 is 11.6 Å². The zero-order valence-electron chi connectivity index (χ0n) is 15.3. The van der Waals surface area contributed by atoms with Crippen molar-refractivity contribution in [1.29, 1.82) is 0 Å². The van der Waals surface area contributed by atoms with Crippen molar-refractivity contribution < 1.29 is 9.59 Å². The maximum absolute atomic E-state index is 12.3. The van der Waals surface area contributed by atoms with Gasteiger partial charge in [0.15, 0.2) is 0 Å². The van der Waals surface area contributed by atoms with Crippen molar-refractivity contribution in [2.45, 2.75) is 20.8 Å². The molecule has 0 unspecified atom stereocenters. The summed E-state index contributed by atoms with van der Waals surface area (Å²) in [4.78, 5) is 26.2. The third kappa shape index (κ3) is 4.99. The molecular weight excluding hydrogens is 350 g/mol. The molecule has 0 spiro atoms. The standard InChI is InChI=1S/C20H24ClN3O2/c1-4-24(5-2)20(26)15-9-11-16(12-10-15)22-13-19(25)23-18-8-6-7-17(21)14(18)3/h6-12,22H,4-5,13H2,1-3H3,(H,23,25). The number of carbonyl (C=O) groups excluding carboxylic acids is 2. The van der Waals surface area contributed by atoms with Crippen LogP contribution in [0.4, 0.5) is 11.4 Å². The summed E-state index contributed by atoms with van der Waals surface area (Å²) in [5.41, 5.74) is 2.95. The molecule has 138 valence electrons. The summed E-state index contributed by atoms with van der Waals surface area (Å²) >= 11 is 6.06. The first-order valence-corrected chi connectivity index (χ1v) is 9.02. The third-order valence-corrected chi connectivity index (χ3v) is 4.59. The van der Waals surface area contributed by atoms with Crippen LogP contribution in [-0.4, -0.2) is 36.3 Å². The van der Waals surface area contributed by atoms with Gasteiger partial charge in [-0.3, -0.25) is 9.59 Å². The monoisotopic (exact) mass is 373 g/mol. The molecular formula is C20H24ClN3O2. The smallest absolute Gasteiger partial charge is 0.253 e. The lowest BCUT2D eigenvalue weighted by Gasteiger charge is -2.18. The Morgan fingerprint density at radius 3 is 2.31 bits per heavy atom. The van der Waals surface area contributed by atoms with Crippen LogP contribution in [0, 0.1) is 6.92 Å². The Labute approximate surface area is 159 Å². The molecule has 0 bridgehead atoms. The summed E-state index contributed by atoms with van der Waals surface area (Å²) in [6.45, 7) is 7.25. The predicted molar refractivity (Wildman–Crippen MR) is 107 cm³/mol. The van der Waals surface area contributed by atoms with E-state index in [9.17, 15) is 9.59 Å². The average molecular weight is 374 g/mol. The lowest BCUT2D eigenvalue weighted by atomic mass is 10.1. The molecule has 0 atom stereocenters. The fourth-order valence-electron chi connectivity index (χ4n) is 2.54. The zero-order chi connectivity index (χ0) is 19.1. The van der Waals surface area contributed by atoms with E-state index in [1.165, 1.54) is 0 Å². The van der Waals surface area contributed by atoms with Crippen molar-refractivity contribution in [3.8, 4) is 0 Å². The number of nitrogens with zero attached hydrogens (tertiary/aromatic N) is 1. The van der Waals surface area contributed by atoms with Crippen molar-refractivity contribution >= 4 is 34.8 Å². The molecule has 5 nitrogen and oxygen atoms in total. The molecule has 0 heterocycles. The van der Waals surface area contributed by atoms with Gasteiger partial charge in [-0.25, -0.2) is 0 Å². The molecule has 2 aromatic carbocycles. The first-order chi connectivity index (χ1) is 12.5. The predicted octanol–water partition coefficient (Wildman–Crippen LogP) is 4.18. The van der Waals surface area contributed by atoms with Crippen molar-refractivity contribution in [2.24, 2.45) is 0 Å². The second-order valence-electron chi connectivity index (χ2n) is 5.87. The summed E-state index contributed by atoms with van der Waals surface area (Å²) in [5, 5.41) is 6.50. The van der Waals surface area contributed by atoms with Crippen LogP contribution in [0.15, 0.2) is 42.5 Å². The van der Waals surface area contributed by atoms with Crippen LogP contribution in [0.5, 0.6) is 0 Å². The normalized spacial score (nSPS) is 10.3. The molecule has 2 amide bonds. The second kappa shape index (κ2) is 9.25. The van der Waals surface area contributed by atoms with Crippen LogP contribution in [0.1, 0.15) is 29.8 Å². The molecule has 0 saturated carbocycles. The summed E-state index contributed by atoms with van der Waals surface area (Å²) in [6, 6.07) is 12.5. The molecule has 0 aliphatic carbocycles. The van der Waals surface area contributed by atoms with Crippen LogP contribution < -0.4 is 10.6 Å². The number of nitrogens with one attached hydrogen (secondary N) is 2. The van der Waals surface area contributed by atoms with Crippen molar-refractivity contribution in [3.05, 3.63) is 58.6 Å². The van der Waals surface area contributed by atoms with Gasteiger partial charge in [-0.15, -0.1) is 0 Å². The summed E-state index contributed by atoms with van der Waals surface area (Å²) in [6.07, 6.45) is 0. The van der Waals surface area contributed by atoms with Gasteiger partial charge in [-0.1, -0.05) is 17.7 Å². The van der Waals surface area contributed by atoms with Gasteiger partial charge >= 0.3 is 0 Å². The topological polar surface area (TPSA) is 61.4 Å². The van der Waals surface area contributed by atoms with Gasteiger partial charge in [0.1, 0.15) is 0 Å². The van der Waals surface area contributed by atoms with E-state index in [0.29, 0.717) is 29.4 Å². The number of hydrogen-bond acceptors (Lipinski definition) is 3. The molecule has 0 saturated heterocycles. The van der Waals surface area contributed by atoms with Crippen LogP contribution in [-0.2, 0) is 4.79 Å². The summed E-state index contributed by atoms with van der Waals surface area (Å²) < 4.78 is 0. The van der Waals surface area contributed by atoms with Gasteiger partial charge in [0.2, 0.25) is 5.91 Å². The zero-order valence-corrected chi connectivity index (χ0v) is 16.1. The highest BCUT2D eigenvalue weighted by Gasteiger charge is 2.12. The van der Waals surface area contributed by atoms with Gasteiger partial charge < -0.3 is 15.5 Å². The first-order valence-electron chi connectivity index (χ1n) is 8.64. The number of anilines is 2. The fraction of sp³-hybridized carbons (Fsp3) is 0.300. The Morgan fingerprint density at radius 2 is 1.69 bits per heavy atom. The Bertz CT molecular complexity index is 771. The van der Waals surface area contributed by atoms with Crippen LogP contribution in [0.25, 0.3) is 0 Å². The van der Waals surface area contributed by atoms with E-state index >= 15 is 0 Å². The highest BCUT2D eigenvalue weighted by molar-refractivity contribution is 6.31. The van der Waals surface area contributed by atoms with Gasteiger partial charge in [-0.2, -0.15) is 0 Å². The van der Waals surface area contributed by atoms with Crippen molar-refractivity contribution in [1.82, 2.24) is 4.90 Å². The molecule has 0 aliphatic rings. The molecule has 6 heteroatoms. The van der Waals surface area contributed by atoms with Gasteiger partial charge in [0, 0.05) is 35.1 Å². The highest BCUT2D eigenvalue weighted by atomic mass is 35.5. The number of carbonyl (C=O) groups is 2. The molecule has 26 heavy (non-hydrogen) atoms. The molecule has 2 rings (SSSR count). The molecule has 0 fully saturated rings. The molecule has 2 aromatic rings. The van der Waals surface area contributed by atoms with Gasteiger partial charge in [0.25, 0.3) is 5.91 Å². The summed E-state index contributed by atoms with van der Waals surface area (Å²) in [5.74, 6) is -0.158. The maximum atomic E-state index is 12.3. The third-order valence-electron chi connectivity index (χ3n) is 4.18. The number of hydrogen-bond donors (Lipinski definition) is 2. The van der Waals surface area contributed by atoms with E-state index < -0.39 is 0 Å². The lowest BCUT2D eigenvalue weighted by Crippen LogP contribution is -2.30. The Balaban J connectivity index is 1.92. The largest absolute Gasteiger partial charge is 0.376 e. The number of amides is 2. The van der Waals surface area contributed by atoms with Crippen LogP contribution in [0.3, 0.4) is 0 Å². The van der Waals surface area contributed by atoms with E-state index in [1.54, 1.807) is 41.3 Å². The van der Waals surface area contributed by atoms with Gasteiger partial charge in [-0.05, 0) is 62.7 Å². The fourth-order valence-corrected chi connectivity index (χ4v) is 2.72. The Hall–Kier alpha value is -2.53. The maximum Gasteiger partial charge on any atom is 0.253 e. The Kier molecular flexibility index (Phi) is 7.04. The first kappa shape index (κ1) is 19.8. The minimum Gasteiger partial charge on any atom is -0.376 e. The molecule has 0 aromatic heterocycles. The minimum atomic E-state index is -0.168. The van der Waals surface area contributed by atoms with E-state index in [-0.39, 0.29) is 18.4 Å². The average Bonchev–Trinajstić information content (AvgIpc) is 2.65. The number of benzene rings is 2. The summed E-state index contributed by atoms with van der Waals surface area (Å²) in [7, 11) is 0. The Morgan fingerprint density at radius 1 is 1.04 bits per heavy atom. The number of halogens is 1. The lowest BCUT2D eigenvalue weighted by molar-refractivity contribution is -0.114. The van der Waals surface area contributed by atoms with E-state index in [4.69, 9.17) is 11.6 Å². The minimum absolute atomic E-state index is 0.00993. The van der Waals surface area contributed by atoms with Crippen LogP contribution in [0.2, 0.25) is 5.02 Å². The second-order valence-corrected chi connectivity index (χ2v) is 6.28. The van der Waals surface area contributed by atoms with Crippen molar-refractivity contribution in [2.75, 3.05) is 30.3 Å². The van der Waals surface area contributed by atoms with E-state index in [0.717, 1.165) is 11.3 Å². The van der Waals surface area contributed by atoms with Crippen molar-refractivity contribution in [3.63, 3.8) is 0 Å². The molecule has 0 aliphatic heterocycles. The molecule has 2 N–H and O–H groups in total. The van der Waals surface area contributed by atoms with E-state index in [1.807, 2.05) is 26.8 Å². The highest BCUT2D eigenvalue weighted by Crippen LogP contribution is 2.22. The number of rotatable bonds is 7.